The Morgan fingerprint density at radius 2 is 1.71 bits per heavy atom. The van der Waals surface area contributed by atoms with E-state index in [-0.39, 0.29) is 5.17 Å². The maximum absolute atomic E-state index is 7.17. The molecule has 2 aromatic rings. The number of nitrogens with zero attached hydrogens (tertiary/aromatic N) is 2. The molecule has 2 rings (SSSR count). The quantitative estimate of drug-likeness (QED) is 0.355. The van der Waals surface area contributed by atoms with E-state index in [2.05, 4.69) is 34.2 Å². The molecular weight excluding hydrogens is 300 g/mol. The summed E-state index contributed by atoms with van der Waals surface area (Å²) in [5, 5.41) is 8.38. The van der Waals surface area contributed by atoms with Crippen LogP contribution in [0.4, 0.5) is 0 Å². The van der Waals surface area contributed by atoms with Gasteiger partial charge in [0.25, 0.3) is 0 Å². The molecule has 0 aliphatic rings. The lowest BCUT2D eigenvalue weighted by Gasteiger charge is -2.04. The van der Waals surface area contributed by atoms with Crippen molar-refractivity contribution in [2.75, 3.05) is 11.5 Å². The molecule has 21 heavy (non-hydrogen) atoms. The summed E-state index contributed by atoms with van der Waals surface area (Å²) in [5.74, 6) is 1.87. The lowest BCUT2D eigenvalue weighted by atomic mass is 10.1. The van der Waals surface area contributed by atoms with Crippen molar-refractivity contribution in [3.63, 3.8) is 0 Å². The molecule has 1 aromatic heterocycles. The molecule has 0 spiro atoms. The average Bonchev–Trinajstić information content (AvgIpc) is 2.50. The highest BCUT2D eigenvalue weighted by Gasteiger charge is 1.99. The third kappa shape index (κ3) is 6.18. The minimum atomic E-state index is 0.188. The van der Waals surface area contributed by atoms with Crippen LogP contribution in [0.15, 0.2) is 47.9 Å². The molecule has 1 aromatic carbocycles. The Labute approximate surface area is 133 Å². The van der Waals surface area contributed by atoms with Gasteiger partial charge in [0.1, 0.15) is 6.33 Å². The fourth-order valence-electron chi connectivity index (χ4n) is 1.79. The third-order valence-corrected chi connectivity index (χ3v) is 4.53. The van der Waals surface area contributed by atoms with Crippen molar-refractivity contribution in [1.82, 2.24) is 9.97 Å². The molecular formula is C15H18N4S2. The standard InChI is InChI=1S/C15H18N4S2/c16-15(17)21-10-7-13-3-1-12(2-4-13)6-9-20-14-5-8-18-11-19-14/h1-5,8,11H,6-7,9-10H2,(H3,16,17). The van der Waals surface area contributed by atoms with Gasteiger partial charge in [-0.15, -0.1) is 11.8 Å². The molecule has 0 atom stereocenters. The van der Waals surface area contributed by atoms with Gasteiger partial charge in [-0.05, 0) is 30.0 Å². The van der Waals surface area contributed by atoms with Gasteiger partial charge < -0.3 is 5.73 Å². The summed E-state index contributed by atoms with van der Waals surface area (Å²) >= 11 is 3.13. The second kappa shape index (κ2) is 8.69. The first kappa shape index (κ1) is 15.9. The Morgan fingerprint density at radius 1 is 1.05 bits per heavy atom. The first-order chi connectivity index (χ1) is 10.2. The van der Waals surface area contributed by atoms with E-state index in [4.69, 9.17) is 11.1 Å². The van der Waals surface area contributed by atoms with Gasteiger partial charge >= 0.3 is 0 Å². The number of benzene rings is 1. The number of rotatable bonds is 7. The Bertz CT molecular complexity index is 558. The fraction of sp³-hybridized carbons (Fsp3) is 0.267. The largest absolute Gasteiger partial charge is 0.379 e. The van der Waals surface area contributed by atoms with Crippen LogP contribution in [-0.4, -0.2) is 26.6 Å². The summed E-state index contributed by atoms with van der Waals surface area (Å²) in [6, 6.07) is 10.6. The Balaban J connectivity index is 1.73. The summed E-state index contributed by atoms with van der Waals surface area (Å²) in [6.07, 6.45) is 5.32. The van der Waals surface area contributed by atoms with Crippen LogP contribution in [0.1, 0.15) is 11.1 Å². The molecule has 0 fully saturated rings. The first-order valence-electron chi connectivity index (χ1n) is 6.67. The van der Waals surface area contributed by atoms with E-state index < -0.39 is 0 Å². The van der Waals surface area contributed by atoms with Gasteiger partial charge in [-0.2, -0.15) is 0 Å². The van der Waals surface area contributed by atoms with Crippen LogP contribution in [0.5, 0.6) is 0 Å². The predicted octanol–water partition coefficient (Wildman–Crippen LogP) is 2.98. The molecule has 0 unspecified atom stereocenters. The van der Waals surface area contributed by atoms with Crippen molar-refractivity contribution in [2.45, 2.75) is 17.9 Å². The molecule has 0 amide bonds. The van der Waals surface area contributed by atoms with Crippen molar-refractivity contribution in [2.24, 2.45) is 5.73 Å². The monoisotopic (exact) mass is 318 g/mol. The Kier molecular flexibility index (Phi) is 6.56. The Morgan fingerprint density at radius 3 is 2.29 bits per heavy atom. The topological polar surface area (TPSA) is 75.7 Å². The Hall–Kier alpha value is -1.53. The summed E-state index contributed by atoms with van der Waals surface area (Å²) in [4.78, 5) is 8.10. The smallest absolute Gasteiger partial charge is 0.151 e. The zero-order chi connectivity index (χ0) is 14.9. The zero-order valence-electron chi connectivity index (χ0n) is 11.7. The van der Waals surface area contributed by atoms with E-state index in [0.29, 0.717) is 0 Å². The van der Waals surface area contributed by atoms with Gasteiger partial charge in [0.2, 0.25) is 0 Å². The van der Waals surface area contributed by atoms with E-state index in [0.717, 1.165) is 29.4 Å². The van der Waals surface area contributed by atoms with Crippen molar-refractivity contribution in [1.29, 1.82) is 5.41 Å². The lowest BCUT2D eigenvalue weighted by molar-refractivity contribution is 1.04. The zero-order valence-corrected chi connectivity index (χ0v) is 13.3. The number of nitrogens with two attached hydrogens (primary N) is 1. The fourth-order valence-corrected chi connectivity index (χ4v) is 3.17. The highest BCUT2D eigenvalue weighted by atomic mass is 32.2. The second-order valence-electron chi connectivity index (χ2n) is 4.43. The van der Waals surface area contributed by atoms with Crippen molar-refractivity contribution in [3.8, 4) is 0 Å². The van der Waals surface area contributed by atoms with Crippen molar-refractivity contribution >= 4 is 28.7 Å². The molecule has 1 heterocycles. The molecule has 0 aliphatic heterocycles. The molecule has 110 valence electrons. The molecule has 0 bridgehead atoms. The normalized spacial score (nSPS) is 10.5. The number of aryl methyl sites for hydroxylation is 2. The number of thioether (sulfide) groups is 2. The molecule has 3 N–H and O–H groups in total. The summed E-state index contributed by atoms with van der Waals surface area (Å²) in [6.45, 7) is 0. The molecule has 0 aliphatic carbocycles. The van der Waals surface area contributed by atoms with Crippen LogP contribution in [-0.2, 0) is 12.8 Å². The minimum absolute atomic E-state index is 0.188. The van der Waals surface area contributed by atoms with Crippen molar-refractivity contribution < 1.29 is 0 Å². The number of aromatic nitrogens is 2. The third-order valence-electron chi connectivity index (χ3n) is 2.87. The molecule has 4 nitrogen and oxygen atoms in total. The van der Waals surface area contributed by atoms with Gasteiger partial charge in [-0.3, -0.25) is 5.41 Å². The number of hydrogen-bond donors (Lipinski definition) is 2. The van der Waals surface area contributed by atoms with E-state index in [9.17, 15) is 0 Å². The van der Waals surface area contributed by atoms with Crippen LogP contribution < -0.4 is 5.73 Å². The van der Waals surface area contributed by atoms with E-state index in [1.165, 1.54) is 22.9 Å². The summed E-state index contributed by atoms with van der Waals surface area (Å²) in [5.41, 5.74) is 7.94. The predicted molar refractivity (Wildman–Crippen MR) is 91.0 cm³/mol. The molecule has 6 heteroatoms. The van der Waals surface area contributed by atoms with E-state index in [1.807, 2.05) is 6.07 Å². The lowest BCUT2D eigenvalue weighted by Crippen LogP contribution is -2.05. The average molecular weight is 318 g/mol. The van der Waals surface area contributed by atoms with E-state index >= 15 is 0 Å². The van der Waals surface area contributed by atoms with Crippen molar-refractivity contribution in [3.05, 3.63) is 54.0 Å². The first-order valence-corrected chi connectivity index (χ1v) is 8.64. The summed E-state index contributed by atoms with van der Waals surface area (Å²) in [7, 11) is 0. The molecule has 0 saturated heterocycles. The van der Waals surface area contributed by atoms with Gasteiger partial charge in [-0.25, -0.2) is 9.97 Å². The van der Waals surface area contributed by atoms with Gasteiger partial charge in [0, 0.05) is 17.7 Å². The van der Waals surface area contributed by atoms with Gasteiger partial charge in [-0.1, -0.05) is 36.0 Å². The van der Waals surface area contributed by atoms with Crippen LogP contribution >= 0.6 is 23.5 Å². The SMILES string of the molecule is N=C(N)SCCc1ccc(CCSc2ccncn2)cc1. The highest BCUT2D eigenvalue weighted by molar-refractivity contribution is 8.13. The maximum atomic E-state index is 7.17. The van der Waals surface area contributed by atoms with Gasteiger partial charge in [0.05, 0.1) is 5.03 Å². The maximum Gasteiger partial charge on any atom is 0.151 e. The van der Waals surface area contributed by atoms with Crippen LogP contribution in [0.3, 0.4) is 0 Å². The van der Waals surface area contributed by atoms with E-state index in [1.54, 1.807) is 24.3 Å². The van der Waals surface area contributed by atoms with Crippen LogP contribution in [0.2, 0.25) is 0 Å². The number of amidine groups is 1. The van der Waals surface area contributed by atoms with Crippen LogP contribution in [0, 0.1) is 5.41 Å². The molecule has 0 saturated carbocycles. The van der Waals surface area contributed by atoms with Crippen LogP contribution in [0.25, 0.3) is 0 Å². The number of nitrogens with one attached hydrogen (secondary N) is 1. The second-order valence-corrected chi connectivity index (χ2v) is 6.68. The summed E-state index contributed by atoms with van der Waals surface area (Å²) < 4.78 is 0. The minimum Gasteiger partial charge on any atom is -0.379 e. The highest BCUT2D eigenvalue weighted by Crippen LogP contribution is 2.16. The van der Waals surface area contributed by atoms with Gasteiger partial charge in [0.15, 0.2) is 5.17 Å². The molecule has 0 radical (unpaired) electrons. The number of hydrogen-bond acceptors (Lipinski definition) is 5.